The molecule has 0 aromatic heterocycles. The first kappa shape index (κ1) is 11.9. The second-order valence-electron chi connectivity index (χ2n) is 5.09. The summed E-state index contributed by atoms with van der Waals surface area (Å²) in [5.41, 5.74) is 4.18. The Hall–Kier alpha value is -1.19. The third-order valence-electron chi connectivity index (χ3n) is 3.94. The minimum Gasteiger partial charge on any atom is -0.391 e. The lowest BCUT2D eigenvalue weighted by atomic mass is 9.77. The standard InChI is InChI=1S/C14H17ClN2O/c1-17-10-13(18-16-17)14(8-2-3-9-14)11-4-6-12(15)7-5-11/h4-7,10,16H,2-3,8-9H2,1H3. The van der Waals surface area contributed by atoms with Crippen molar-refractivity contribution in [2.24, 2.45) is 0 Å². The number of halogens is 1. The van der Waals surface area contributed by atoms with Crippen LogP contribution in [-0.4, -0.2) is 12.1 Å². The second kappa shape index (κ2) is 4.48. The third kappa shape index (κ3) is 1.88. The van der Waals surface area contributed by atoms with Crippen molar-refractivity contribution in [3.8, 4) is 0 Å². The molecule has 1 aliphatic carbocycles. The van der Waals surface area contributed by atoms with E-state index in [1.54, 1.807) is 0 Å². The molecule has 1 heterocycles. The number of benzene rings is 1. The smallest absolute Gasteiger partial charge is 0.154 e. The largest absolute Gasteiger partial charge is 0.391 e. The fraction of sp³-hybridized carbons (Fsp3) is 0.429. The average Bonchev–Trinajstić information content (AvgIpc) is 2.99. The summed E-state index contributed by atoms with van der Waals surface area (Å²) in [4.78, 5) is 5.64. The van der Waals surface area contributed by atoms with Gasteiger partial charge in [-0.2, -0.15) is 0 Å². The van der Waals surface area contributed by atoms with E-state index < -0.39 is 0 Å². The Morgan fingerprint density at radius 3 is 2.44 bits per heavy atom. The number of nitrogens with one attached hydrogen (secondary N) is 1. The van der Waals surface area contributed by atoms with Gasteiger partial charge in [0.05, 0.1) is 11.6 Å². The summed E-state index contributed by atoms with van der Waals surface area (Å²) in [5.74, 6) is 1.02. The van der Waals surface area contributed by atoms with Crippen LogP contribution >= 0.6 is 11.6 Å². The Bertz CT molecular complexity index is 463. The zero-order chi connectivity index (χ0) is 12.6. The van der Waals surface area contributed by atoms with Crippen molar-refractivity contribution >= 4 is 11.6 Å². The summed E-state index contributed by atoms with van der Waals surface area (Å²) in [6, 6.07) is 8.17. The summed E-state index contributed by atoms with van der Waals surface area (Å²) in [7, 11) is 1.94. The van der Waals surface area contributed by atoms with Gasteiger partial charge in [0.25, 0.3) is 0 Å². The highest BCUT2D eigenvalue weighted by molar-refractivity contribution is 6.30. The zero-order valence-corrected chi connectivity index (χ0v) is 11.2. The highest BCUT2D eigenvalue weighted by Crippen LogP contribution is 2.47. The molecular weight excluding hydrogens is 248 g/mol. The molecule has 0 saturated heterocycles. The first-order chi connectivity index (χ1) is 8.71. The van der Waals surface area contributed by atoms with Gasteiger partial charge in [-0.15, -0.1) is 0 Å². The molecule has 0 unspecified atom stereocenters. The molecule has 1 fully saturated rings. The first-order valence-corrected chi connectivity index (χ1v) is 6.72. The van der Waals surface area contributed by atoms with Crippen LogP contribution in [-0.2, 0) is 10.3 Å². The Labute approximate surface area is 112 Å². The summed E-state index contributed by atoms with van der Waals surface area (Å²) in [5, 5.41) is 2.63. The highest BCUT2D eigenvalue weighted by atomic mass is 35.5. The molecular formula is C14H17ClN2O. The topological polar surface area (TPSA) is 24.5 Å². The van der Waals surface area contributed by atoms with Gasteiger partial charge >= 0.3 is 0 Å². The number of hydrogen-bond acceptors (Lipinski definition) is 3. The van der Waals surface area contributed by atoms with E-state index >= 15 is 0 Å². The van der Waals surface area contributed by atoms with Crippen LogP contribution in [0.4, 0.5) is 0 Å². The maximum Gasteiger partial charge on any atom is 0.154 e. The van der Waals surface area contributed by atoms with E-state index in [4.69, 9.17) is 16.4 Å². The lowest BCUT2D eigenvalue weighted by Crippen LogP contribution is -2.27. The fourth-order valence-corrected chi connectivity index (χ4v) is 3.12. The Kier molecular flexibility index (Phi) is 2.96. The number of hydrazine groups is 1. The van der Waals surface area contributed by atoms with Crippen LogP contribution < -0.4 is 5.59 Å². The van der Waals surface area contributed by atoms with Gasteiger partial charge in [0.15, 0.2) is 5.76 Å². The van der Waals surface area contributed by atoms with E-state index in [0.717, 1.165) is 23.6 Å². The monoisotopic (exact) mass is 264 g/mol. The van der Waals surface area contributed by atoms with E-state index in [9.17, 15) is 0 Å². The van der Waals surface area contributed by atoms with Crippen molar-refractivity contribution in [2.75, 3.05) is 7.05 Å². The molecule has 1 aromatic carbocycles. The van der Waals surface area contributed by atoms with Crippen molar-refractivity contribution in [1.29, 1.82) is 0 Å². The van der Waals surface area contributed by atoms with Crippen LogP contribution in [0.5, 0.6) is 0 Å². The Morgan fingerprint density at radius 1 is 1.22 bits per heavy atom. The van der Waals surface area contributed by atoms with Crippen LogP contribution in [0, 0.1) is 0 Å². The predicted octanol–water partition coefficient (Wildman–Crippen LogP) is 3.37. The molecule has 0 amide bonds. The van der Waals surface area contributed by atoms with Gasteiger partial charge in [-0.1, -0.05) is 42.2 Å². The van der Waals surface area contributed by atoms with Crippen molar-refractivity contribution < 1.29 is 4.84 Å². The van der Waals surface area contributed by atoms with Crippen molar-refractivity contribution in [3.63, 3.8) is 0 Å². The Morgan fingerprint density at radius 2 is 1.89 bits per heavy atom. The minimum absolute atomic E-state index is 0.0162. The van der Waals surface area contributed by atoms with Gasteiger partial charge in [0.1, 0.15) is 0 Å². The minimum atomic E-state index is 0.0162. The van der Waals surface area contributed by atoms with E-state index in [1.165, 1.54) is 18.4 Å². The molecule has 1 aliphatic heterocycles. The number of rotatable bonds is 2. The molecule has 1 saturated carbocycles. The number of nitrogens with zero attached hydrogens (tertiary/aromatic N) is 1. The molecule has 0 atom stereocenters. The van der Waals surface area contributed by atoms with Gasteiger partial charge in [-0.3, -0.25) is 5.01 Å². The molecule has 0 bridgehead atoms. The summed E-state index contributed by atoms with van der Waals surface area (Å²) >= 11 is 5.98. The SMILES string of the molecule is CN1C=C(C2(c3ccc(Cl)cc3)CCCC2)ON1. The molecule has 1 N–H and O–H groups in total. The lowest BCUT2D eigenvalue weighted by molar-refractivity contribution is 0.0194. The molecule has 2 aliphatic rings. The summed E-state index contributed by atoms with van der Waals surface area (Å²) in [6.07, 6.45) is 6.80. The highest BCUT2D eigenvalue weighted by Gasteiger charge is 2.42. The molecule has 3 rings (SSSR count). The molecule has 18 heavy (non-hydrogen) atoms. The third-order valence-corrected chi connectivity index (χ3v) is 4.19. The molecule has 1 aromatic rings. The van der Waals surface area contributed by atoms with Crippen LogP contribution in [0.15, 0.2) is 36.2 Å². The molecule has 4 heteroatoms. The van der Waals surface area contributed by atoms with Crippen LogP contribution in [0.1, 0.15) is 31.2 Å². The normalized spacial score (nSPS) is 21.9. The van der Waals surface area contributed by atoms with Crippen molar-refractivity contribution in [2.45, 2.75) is 31.1 Å². The number of allylic oxidation sites excluding steroid dienone is 1. The van der Waals surface area contributed by atoms with Crippen LogP contribution in [0.3, 0.4) is 0 Å². The maximum atomic E-state index is 5.98. The van der Waals surface area contributed by atoms with E-state index in [1.807, 2.05) is 30.4 Å². The first-order valence-electron chi connectivity index (χ1n) is 6.34. The fourth-order valence-electron chi connectivity index (χ4n) is 3.00. The van der Waals surface area contributed by atoms with Crippen molar-refractivity contribution in [3.05, 3.63) is 46.8 Å². The second-order valence-corrected chi connectivity index (χ2v) is 5.53. The molecule has 0 spiro atoms. The lowest BCUT2D eigenvalue weighted by Gasteiger charge is -2.29. The van der Waals surface area contributed by atoms with Crippen LogP contribution in [0.2, 0.25) is 5.02 Å². The van der Waals surface area contributed by atoms with E-state index in [2.05, 4.69) is 17.7 Å². The van der Waals surface area contributed by atoms with Gasteiger partial charge in [0.2, 0.25) is 0 Å². The van der Waals surface area contributed by atoms with Crippen molar-refractivity contribution in [1.82, 2.24) is 10.6 Å². The molecule has 0 radical (unpaired) electrons. The Balaban J connectivity index is 2.01. The van der Waals surface area contributed by atoms with Gasteiger partial charge in [0, 0.05) is 12.1 Å². The van der Waals surface area contributed by atoms with Crippen LogP contribution in [0.25, 0.3) is 0 Å². The molecule has 96 valence electrons. The van der Waals surface area contributed by atoms with E-state index in [-0.39, 0.29) is 5.41 Å². The summed E-state index contributed by atoms with van der Waals surface area (Å²) < 4.78 is 0. The number of hydrogen-bond donors (Lipinski definition) is 1. The van der Waals surface area contributed by atoms with Gasteiger partial charge < -0.3 is 4.84 Å². The zero-order valence-electron chi connectivity index (χ0n) is 10.4. The maximum absolute atomic E-state index is 5.98. The quantitative estimate of drug-likeness (QED) is 0.886. The predicted molar refractivity (Wildman–Crippen MR) is 71.7 cm³/mol. The molecule has 3 nitrogen and oxygen atoms in total. The summed E-state index contributed by atoms with van der Waals surface area (Å²) in [6.45, 7) is 0. The average molecular weight is 265 g/mol. The van der Waals surface area contributed by atoms with E-state index in [0.29, 0.717) is 0 Å². The van der Waals surface area contributed by atoms with Gasteiger partial charge in [-0.25, -0.2) is 0 Å². The van der Waals surface area contributed by atoms with Gasteiger partial charge in [-0.05, 0) is 30.5 Å².